The van der Waals surface area contributed by atoms with E-state index in [9.17, 15) is 0 Å². The van der Waals surface area contributed by atoms with E-state index in [1.165, 1.54) is 28.1 Å². The Morgan fingerprint density at radius 1 is 0.650 bits per heavy atom. The van der Waals surface area contributed by atoms with Gasteiger partial charge in [-0.3, -0.25) is 0 Å². The van der Waals surface area contributed by atoms with Gasteiger partial charge in [-0.25, -0.2) is 0 Å². The van der Waals surface area contributed by atoms with Crippen LogP contribution in [0.15, 0.2) is 52.0 Å². The Morgan fingerprint density at radius 3 is 1.55 bits per heavy atom. The second kappa shape index (κ2) is 6.34. The molecule has 0 aliphatic carbocycles. The Bertz CT molecular complexity index is 571. The lowest BCUT2D eigenvalue weighted by atomic mass is 10.2. The molecule has 0 radical (unpaired) electrons. The van der Waals surface area contributed by atoms with Crippen molar-refractivity contribution in [1.29, 1.82) is 0 Å². The van der Waals surface area contributed by atoms with Gasteiger partial charge in [0, 0.05) is 11.5 Å². The number of hydrogen-bond acceptors (Lipinski definition) is 6. The molecule has 4 heterocycles. The Kier molecular flexibility index (Phi) is 4.49. The summed E-state index contributed by atoms with van der Waals surface area (Å²) in [4.78, 5) is 0. The van der Waals surface area contributed by atoms with Crippen LogP contribution in [0.25, 0.3) is 0 Å². The average molecular weight is 371 g/mol. The molecule has 0 saturated carbocycles. The first-order chi connectivity index (χ1) is 9.87. The third-order valence-electron chi connectivity index (χ3n) is 2.86. The van der Waals surface area contributed by atoms with Crippen LogP contribution < -0.4 is 0 Å². The first-order valence-electron chi connectivity index (χ1n) is 6.04. The van der Waals surface area contributed by atoms with Crippen molar-refractivity contribution in [2.45, 2.75) is 11.5 Å². The van der Waals surface area contributed by atoms with Crippen LogP contribution in [0.1, 0.15) is 11.1 Å². The van der Waals surface area contributed by atoms with Gasteiger partial charge in [0.1, 0.15) is 0 Å². The number of thioether (sulfide) groups is 6. The van der Waals surface area contributed by atoms with Gasteiger partial charge >= 0.3 is 0 Å². The summed E-state index contributed by atoms with van der Waals surface area (Å²) in [7, 11) is 0. The largest absolute Gasteiger partial charge is 0.114 e. The molecule has 0 saturated heterocycles. The zero-order chi connectivity index (χ0) is 13.4. The Hall–Kier alpha value is 0.540. The van der Waals surface area contributed by atoms with E-state index in [0.29, 0.717) is 0 Å². The maximum atomic E-state index is 2.30. The predicted octanol–water partition coefficient (Wildman–Crippen LogP) is 6.85. The predicted molar refractivity (Wildman–Crippen MR) is 103 cm³/mol. The van der Waals surface area contributed by atoms with Gasteiger partial charge < -0.3 is 0 Å². The van der Waals surface area contributed by atoms with Crippen molar-refractivity contribution in [2.24, 2.45) is 0 Å². The molecule has 0 spiro atoms. The fourth-order valence-electron chi connectivity index (χ4n) is 1.83. The summed E-state index contributed by atoms with van der Waals surface area (Å²) in [5.74, 6) is 2.14. The van der Waals surface area contributed by atoms with E-state index in [4.69, 9.17) is 0 Å². The summed E-state index contributed by atoms with van der Waals surface area (Å²) in [6.07, 6.45) is 0. The van der Waals surface area contributed by atoms with E-state index < -0.39 is 0 Å². The topological polar surface area (TPSA) is 0 Å². The van der Waals surface area contributed by atoms with Crippen LogP contribution in [0.5, 0.6) is 0 Å². The Morgan fingerprint density at radius 2 is 1.10 bits per heavy atom. The molecule has 0 unspecified atom stereocenters. The number of hydrogen-bond donors (Lipinski definition) is 0. The molecule has 0 N–H and O–H groups in total. The maximum absolute atomic E-state index is 2.30. The molecular formula is C14H10S6. The molecule has 6 bridgehead atoms. The Balaban J connectivity index is 1.64. The van der Waals surface area contributed by atoms with Crippen LogP contribution in [0.4, 0.5) is 0 Å². The zero-order valence-corrected chi connectivity index (χ0v) is 15.2. The molecule has 1 aromatic rings. The highest BCUT2D eigenvalue weighted by atomic mass is 32.2. The second-order valence-electron chi connectivity index (χ2n) is 4.28. The summed E-state index contributed by atoms with van der Waals surface area (Å²) in [6, 6.07) is 9.09. The van der Waals surface area contributed by atoms with Crippen LogP contribution >= 0.6 is 70.6 Å². The summed E-state index contributed by atoms with van der Waals surface area (Å²) in [6.45, 7) is 0. The summed E-state index contributed by atoms with van der Waals surface area (Å²) in [5, 5.41) is 4.61. The molecule has 102 valence electrons. The highest BCUT2D eigenvalue weighted by molar-refractivity contribution is 8.39. The highest BCUT2D eigenvalue weighted by Crippen LogP contribution is 2.59. The van der Waals surface area contributed by atoms with Gasteiger partial charge in [-0.1, -0.05) is 71.3 Å². The SMILES string of the molecule is C1=C2SCc3ccc(cc3)CSC3=CSC(=C(S1)S2)S3. The molecule has 0 atom stereocenters. The van der Waals surface area contributed by atoms with Crippen LogP contribution in [-0.2, 0) is 11.5 Å². The molecular weight excluding hydrogens is 361 g/mol. The monoisotopic (exact) mass is 370 g/mol. The van der Waals surface area contributed by atoms with Crippen molar-refractivity contribution in [1.82, 2.24) is 0 Å². The van der Waals surface area contributed by atoms with Crippen molar-refractivity contribution in [3.05, 3.63) is 63.2 Å². The smallest absolute Gasteiger partial charge is 0.0706 e. The minimum atomic E-state index is 1.07. The molecule has 0 fully saturated rings. The Labute approximate surface area is 144 Å². The molecule has 20 heavy (non-hydrogen) atoms. The lowest BCUT2D eigenvalue weighted by Crippen LogP contribution is -1.84. The molecule has 6 heteroatoms. The fraction of sp³-hybridized carbons (Fsp3) is 0.143. The number of benzene rings is 1. The lowest BCUT2D eigenvalue weighted by Gasteiger charge is -2.07. The van der Waals surface area contributed by atoms with Crippen LogP contribution in [-0.4, -0.2) is 0 Å². The summed E-state index contributed by atoms with van der Waals surface area (Å²) in [5.41, 5.74) is 2.83. The number of rotatable bonds is 0. The fourth-order valence-corrected chi connectivity index (χ4v) is 9.40. The van der Waals surface area contributed by atoms with E-state index in [0.717, 1.165) is 11.5 Å². The normalized spacial score (nSPS) is 21.8. The van der Waals surface area contributed by atoms with Gasteiger partial charge in [0.05, 0.1) is 16.9 Å². The third-order valence-corrected chi connectivity index (χ3v) is 11.0. The van der Waals surface area contributed by atoms with Crippen LogP contribution in [0.3, 0.4) is 0 Å². The van der Waals surface area contributed by atoms with Crippen molar-refractivity contribution in [2.75, 3.05) is 0 Å². The molecule has 5 rings (SSSR count). The molecule has 1 aromatic carbocycles. The lowest BCUT2D eigenvalue weighted by molar-refractivity contribution is 1.35. The summed E-state index contributed by atoms with van der Waals surface area (Å²) < 4.78 is 5.78. The molecule has 4 aliphatic rings. The standard InChI is InChI=1S/C14H10S6/c1-2-10-4-3-9(1)5-15-11-7-17-13(19-11)14-18-8-12(20-14)16-6-10/h1-4,7-8H,5-6H2. The quantitative estimate of drug-likeness (QED) is 0.486. The van der Waals surface area contributed by atoms with Crippen molar-refractivity contribution in [3.63, 3.8) is 0 Å². The average Bonchev–Trinajstić information content (AvgIpc) is 3.12. The van der Waals surface area contributed by atoms with Crippen LogP contribution in [0, 0.1) is 0 Å². The molecule has 4 aliphatic heterocycles. The van der Waals surface area contributed by atoms with E-state index in [-0.39, 0.29) is 0 Å². The van der Waals surface area contributed by atoms with E-state index in [1.807, 2.05) is 70.6 Å². The van der Waals surface area contributed by atoms with Crippen LogP contribution in [0.2, 0.25) is 0 Å². The first kappa shape index (κ1) is 14.2. The number of fused-ring (bicyclic) bond motifs is 4. The van der Waals surface area contributed by atoms with Gasteiger partial charge in [0.15, 0.2) is 0 Å². The minimum Gasteiger partial charge on any atom is -0.114 e. The highest BCUT2D eigenvalue weighted by Gasteiger charge is 2.22. The maximum Gasteiger partial charge on any atom is 0.0706 e. The zero-order valence-electron chi connectivity index (χ0n) is 10.3. The van der Waals surface area contributed by atoms with Gasteiger partial charge in [-0.2, -0.15) is 0 Å². The van der Waals surface area contributed by atoms with Gasteiger partial charge in [0.25, 0.3) is 0 Å². The molecule has 0 aromatic heterocycles. The molecule has 0 amide bonds. The van der Waals surface area contributed by atoms with Gasteiger partial charge in [-0.15, -0.1) is 23.5 Å². The first-order valence-corrected chi connectivity index (χ1v) is 11.4. The van der Waals surface area contributed by atoms with Gasteiger partial charge in [0.2, 0.25) is 0 Å². The third kappa shape index (κ3) is 3.15. The second-order valence-corrected chi connectivity index (χ2v) is 11.2. The summed E-state index contributed by atoms with van der Waals surface area (Å²) >= 11 is 11.6. The minimum absolute atomic E-state index is 1.07. The van der Waals surface area contributed by atoms with Crippen molar-refractivity contribution < 1.29 is 0 Å². The van der Waals surface area contributed by atoms with E-state index >= 15 is 0 Å². The van der Waals surface area contributed by atoms with Crippen molar-refractivity contribution in [3.8, 4) is 0 Å². The van der Waals surface area contributed by atoms with E-state index in [2.05, 4.69) is 35.1 Å². The van der Waals surface area contributed by atoms with E-state index in [1.54, 1.807) is 0 Å². The molecule has 0 nitrogen and oxygen atoms in total. The van der Waals surface area contributed by atoms with Gasteiger partial charge in [-0.05, 0) is 21.9 Å². The van der Waals surface area contributed by atoms with Crippen molar-refractivity contribution >= 4 is 70.6 Å².